The van der Waals surface area contributed by atoms with Gasteiger partial charge in [-0.2, -0.15) is 17.0 Å². The van der Waals surface area contributed by atoms with Gasteiger partial charge in [-0.05, 0) is 38.8 Å². The zero-order valence-electron chi connectivity index (χ0n) is 11.8. The highest BCUT2D eigenvalue weighted by Crippen LogP contribution is 2.23. The van der Waals surface area contributed by atoms with Gasteiger partial charge in [-0.1, -0.05) is 0 Å². The molecular formula is C12H23N3O4S. The van der Waals surface area contributed by atoms with E-state index in [4.69, 9.17) is 5.11 Å². The van der Waals surface area contributed by atoms with Crippen molar-refractivity contribution in [3.05, 3.63) is 0 Å². The van der Waals surface area contributed by atoms with Crippen LogP contribution in [0, 0.1) is 5.92 Å². The van der Waals surface area contributed by atoms with E-state index >= 15 is 0 Å². The Balaban J connectivity index is 1.98. The van der Waals surface area contributed by atoms with Crippen LogP contribution in [0.25, 0.3) is 0 Å². The molecular weight excluding hydrogens is 282 g/mol. The lowest BCUT2D eigenvalue weighted by molar-refractivity contribution is -0.142. The topological polar surface area (TPSA) is 90.0 Å². The molecule has 7 nitrogen and oxygen atoms in total. The van der Waals surface area contributed by atoms with Crippen molar-refractivity contribution in [2.24, 2.45) is 5.92 Å². The largest absolute Gasteiger partial charge is 0.481 e. The Morgan fingerprint density at radius 1 is 1.20 bits per heavy atom. The average molecular weight is 305 g/mol. The van der Waals surface area contributed by atoms with Gasteiger partial charge in [0.15, 0.2) is 0 Å². The van der Waals surface area contributed by atoms with Crippen molar-refractivity contribution in [2.45, 2.75) is 31.7 Å². The van der Waals surface area contributed by atoms with E-state index in [-0.39, 0.29) is 6.04 Å². The summed E-state index contributed by atoms with van der Waals surface area (Å²) in [4.78, 5) is 10.9. The molecule has 8 heteroatoms. The number of nitrogens with one attached hydrogen (secondary N) is 1. The Labute approximate surface area is 120 Å². The van der Waals surface area contributed by atoms with Crippen LogP contribution in [-0.2, 0) is 15.0 Å². The lowest BCUT2D eigenvalue weighted by atomic mass is 9.99. The van der Waals surface area contributed by atoms with Gasteiger partial charge in [0, 0.05) is 26.2 Å². The molecule has 0 aromatic carbocycles. The monoisotopic (exact) mass is 305 g/mol. The summed E-state index contributed by atoms with van der Waals surface area (Å²) in [5.74, 6) is -1.24. The molecule has 2 heterocycles. The number of hydrogen-bond acceptors (Lipinski definition) is 4. The summed E-state index contributed by atoms with van der Waals surface area (Å²) in [6.45, 7) is 2.28. The first-order chi connectivity index (χ1) is 9.43. The summed E-state index contributed by atoms with van der Waals surface area (Å²) in [7, 11) is -1.83. The normalized spacial score (nSPS) is 24.1. The van der Waals surface area contributed by atoms with Gasteiger partial charge in [-0.25, -0.2) is 0 Å². The minimum absolute atomic E-state index is 0.0402. The Kier molecular flexibility index (Phi) is 5.00. The van der Waals surface area contributed by atoms with Crippen LogP contribution >= 0.6 is 0 Å². The van der Waals surface area contributed by atoms with Crippen LogP contribution in [0.1, 0.15) is 25.7 Å². The van der Waals surface area contributed by atoms with Crippen LogP contribution in [-0.4, -0.2) is 67.4 Å². The van der Waals surface area contributed by atoms with Crippen LogP contribution in [0.15, 0.2) is 0 Å². The maximum absolute atomic E-state index is 12.5. The molecule has 0 spiro atoms. The minimum atomic E-state index is -3.46. The maximum Gasteiger partial charge on any atom is 0.306 e. The van der Waals surface area contributed by atoms with Gasteiger partial charge in [0.05, 0.1) is 5.92 Å². The molecule has 0 aliphatic carbocycles. The van der Waals surface area contributed by atoms with Gasteiger partial charge in [0.25, 0.3) is 10.2 Å². The third-order valence-corrected chi connectivity index (χ3v) is 6.36. The van der Waals surface area contributed by atoms with E-state index in [0.29, 0.717) is 25.9 Å². The summed E-state index contributed by atoms with van der Waals surface area (Å²) in [5, 5.41) is 12.2. The molecule has 0 bridgehead atoms. The van der Waals surface area contributed by atoms with Gasteiger partial charge in [0.1, 0.15) is 0 Å². The highest BCUT2D eigenvalue weighted by Gasteiger charge is 2.36. The fraction of sp³-hybridized carbons (Fsp3) is 0.917. The zero-order chi connectivity index (χ0) is 14.8. The fourth-order valence-electron chi connectivity index (χ4n) is 2.87. The molecule has 20 heavy (non-hydrogen) atoms. The second kappa shape index (κ2) is 6.38. The van der Waals surface area contributed by atoms with Crippen molar-refractivity contribution in [3.8, 4) is 0 Å². The zero-order valence-corrected chi connectivity index (χ0v) is 12.6. The Hall–Kier alpha value is -0.700. The minimum Gasteiger partial charge on any atom is -0.481 e. The fourth-order valence-corrected chi connectivity index (χ4v) is 4.50. The lowest BCUT2D eigenvalue weighted by Crippen LogP contribution is -2.51. The highest BCUT2D eigenvalue weighted by atomic mass is 32.2. The molecule has 0 unspecified atom stereocenters. The molecule has 2 aliphatic rings. The van der Waals surface area contributed by atoms with Crippen LogP contribution in [0.5, 0.6) is 0 Å². The molecule has 0 saturated carbocycles. The van der Waals surface area contributed by atoms with Crippen molar-refractivity contribution in [3.63, 3.8) is 0 Å². The first kappa shape index (κ1) is 15.7. The highest BCUT2D eigenvalue weighted by molar-refractivity contribution is 7.86. The van der Waals surface area contributed by atoms with E-state index in [1.807, 2.05) is 0 Å². The lowest BCUT2D eigenvalue weighted by Gasteiger charge is -2.37. The standard InChI is InChI=1S/C12H23N3O4S/c1-14(11-2-6-13-7-3-11)20(18,19)15-8-4-10(5-9-15)12(16)17/h10-11,13H,2-9H2,1H3,(H,16,17). The van der Waals surface area contributed by atoms with Crippen molar-refractivity contribution in [2.75, 3.05) is 33.2 Å². The summed E-state index contributed by atoms with van der Waals surface area (Å²) in [5.41, 5.74) is 0. The second-order valence-electron chi connectivity index (χ2n) is 5.52. The van der Waals surface area contributed by atoms with Gasteiger partial charge in [0.2, 0.25) is 0 Å². The van der Waals surface area contributed by atoms with Crippen molar-refractivity contribution in [1.82, 2.24) is 13.9 Å². The SMILES string of the molecule is CN(C1CCNCC1)S(=O)(=O)N1CCC(C(=O)O)CC1. The van der Waals surface area contributed by atoms with Gasteiger partial charge >= 0.3 is 5.97 Å². The van der Waals surface area contributed by atoms with Crippen LogP contribution in [0.4, 0.5) is 0 Å². The molecule has 0 amide bonds. The van der Waals surface area contributed by atoms with E-state index < -0.39 is 22.1 Å². The molecule has 116 valence electrons. The molecule has 0 radical (unpaired) electrons. The smallest absolute Gasteiger partial charge is 0.306 e. The van der Waals surface area contributed by atoms with Gasteiger partial charge in [-0.3, -0.25) is 4.79 Å². The van der Waals surface area contributed by atoms with Crippen LogP contribution in [0.2, 0.25) is 0 Å². The Bertz CT molecular complexity index is 440. The Morgan fingerprint density at radius 3 is 2.25 bits per heavy atom. The molecule has 2 N–H and O–H groups in total. The summed E-state index contributed by atoms with van der Waals surface area (Å²) in [6, 6.07) is 0.0402. The number of aliphatic carboxylic acids is 1. The number of carboxylic acid groups (broad SMARTS) is 1. The van der Waals surface area contributed by atoms with Crippen molar-refractivity contribution in [1.29, 1.82) is 0 Å². The van der Waals surface area contributed by atoms with Crippen molar-refractivity contribution < 1.29 is 18.3 Å². The summed E-state index contributed by atoms with van der Waals surface area (Å²) in [6.07, 6.45) is 2.44. The van der Waals surface area contributed by atoms with Gasteiger partial charge < -0.3 is 10.4 Å². The molecule has 2 rings (SSSR count). The quantitative estimate of drug-likeness (QED) is 0.745. The van der Waals surface area contributed by atoms with E-state index in [2.05, 4.69) is 5.32 Å². The summed E-state index contributed by atoms with van der Waals surface area (Å²) < 4.78 is 28.0. The molecule has 0 aromatic heterocycles. The van der Waals surface area contributed by atoms with Gasteiger partial charge in [-0.15, -0.1) is 0 Å². The second-order valence-corrected chi connectivity index (χ2v) is 7.50. The van der Waals surface area contributed by atoms with Crippen LogP contribution < -0.4 is 5.32 Å². The number of carboxylic acids is 1. The number of piperidine rings is 2. The van der Waals surface area contributed by atoms with E-state index in [9.17, 15) is 13.2 Å². The number of rotatable bonds is 4. The number of nitrogens with zero attached hydrogens (tertiary/aromatic N) is 2. The predicted molar refractivity (Wildman–Crippen MR) is 74.5 cm³/mol. The first-order valence-electron chi connectivity index (χ1n) is 7.09. The Morgan fingerprint density at radius 2 is 1.75 bits per heavy atom. The molecule has 0 aromatic rings. The predicted octanol–water partition coefficient (Wildman–Crippen LogP) is -0.288. The van der Waals surface area contributed by atoms with E-state index in [1.165, 1.54) is 8.61 Å². The van der Waals surface area contributed by atoms with Crippen LogP contribution in [0.3, 0.4) is 0 Å². The maximum atomic E-state index is 12.5. The average Bonchev–Trinajstić information content (AvgIpc) is 2.47. The third-order valence-electron chi connectivity index (χ3n) is 4.32. The summed E-state index contributed by atoms with van der Waals surface area (Å²) >= 11 is 0. The number of hydrogen-bond donors (Lipinski definition) is 2. The molecule has 2 saturated heterocycles. The number of carbonyl (C=O) groups is 1. The molecule has 2 fully saturated rings. The van der Waals surface area contributed by atoms with Crippen molar-refractivity contribution >= 4 is 16.2 Å². The van der Waals surface area contributed by atoms with E-state index in [0.717, 1.165) is 25.9 Å². The molecule has 2 aliphatic heterocycles. The first-order valence-corrected chi connectivity index (χ1v) is 8.49. The molecule has 0 atom stereocenters. The van der Waals surface area contributed by atoms with E-state index in [1.54, 1.807) is 7.05 Å². The third kappa shape index (κ3) is 3.30.